The summed E-state index contributed by atoms with van der Waals surface area (Å²) in [5.74, 6) is -0.613. The first-order valence-electron chi connectivity index (χ1n) is 4.48. The zero-order chi connectivity index (χ0) is 10.1. The van der Waals surface area contributed by atoms with Crippen LogP contribution in [0.3, 0.4) is 0 Å². The number of phenolic OH excluding ortho intramolecular Hbond substituents is 1. The topological polar surface area (TPSA) is 69.6 Å². The lowest BCUT2D eigenvalue weighted by Gasteiger charge is -2.24. The molecule has 0 unspecified atom stereocenters. The quantitative estimate of drug-likeness (QED) is 0.626. The van der Waals surface area contributed by atoms with Crippen LogP contribution in [0.2, 0.25) is 0 Å². The van der Waals surface area contributed by atoms with Crippen LogP contribution in [0, 0.1) is 0 Å². The van der Waals surface area contributed by atoms with Crippen molar-refractivity contribution in [2.75, 3.05) is 5.32 Å². The van der Waals surface area contributed by atoms with Gasteiger partial charge in [-0.05, 0) is 25.0 Å². The molecule has 1 aromatic rings. The molecule has 4 nitrogen and oxygen atoms in total. The number of aromatic hydroxyl groups is 1. The van der Waals surface area contributed by atoms with Crippen molar-refractivity contribution >= 4 is 11.7 Å². The molecule has 4 heteroatoms. The second-order valence-electron chi connectivity index (χ2n) is 3.38. The van der Waals surface area contributed by atoms with Gasteiger partial charge in [0.15, 0.2) is 0 Å². The summed E-state index contributed by atoms with van der Waals surface area (Å²) in [5, 5.41) is 21.2. The largest absolute Gasteiger partial charge is 0.508 e. The van der Waals surface area contributed by atoms with Crippen molar-refractivity contribution in [3.05, 3.63) is 23.8 Å². The Morgan fingerprint density at radius 1 is 1.50 bits per heavy atom. The Morgan fingerprint density at radius 2 is 2.29 bits per heavy atom. The number of carbonyl (C=O) groups is 1. The Morgan fingerprint density at radius 3 is 3.00 bits per heavy atom. The molecule has 3 N–H and O–H groups in total. The van der Waals surface area contributed by atoms with Crippen molar-refractivity contribution in [3.63, 3.8) is 0 Å². The van der Waals surface area contributed by atoms with E-state index in [-0.39, 0.29) is 5.75 Å². The van der Waals surface area contributed by atoms with E-state index in [2.05, 4.69) is 5.32 Å². The third kappa shape index (κ3) is 1.39. The molecule has 74 valence electrons. The van der Waals surface area contributed by atoms with E-state index in [9.17, 15) is 9.90 Å². The zero-order valence-electron chi connectivity index (χ0n) is 7.53. The maximum absolute atomic E-state index is 10.7. The molecule has 0 bridgehead atoms. The van der Waals surface area contributed by atoms with Crippen molar-refractivity contribution in [3.8, 4) is 5.75 Å². The van der Waals surface area contributed by atoms with Gasteiger partial charge in [0.05, 0.1) is 0 Å². The van der Waals surface area contributed by atoms with E-state index in [0.717, 1.165) is 11.3 Å². The first kappa shape index (κ1) is 8.87. The summed E-state index contributed by atoms with van der Waals surface area (Å²) >= 11 is 0. The molecule has 0 saturated heterocycles. The Balaban J connectivity index is 2.31. The fourth-order valence-corrected chi connectivity index (χ4v) is 1.71. The number of benzene rings is 1. The molecular formula is C10H11NO3. The van der Waals surface area contributed by atoms with Gasteiger partial charge in [-0.15, -0.1) is 0 Å². The van der Waals surface area contributed by atoms with Crippen molar-refractivity contribution in [1.29, 1.82) is 0 Å². The van der Waals surface area contributed by atoms with E-state index >= 15 is 0 Å². The summed E-state index contributed by atoms with van der Waals surface area (Å²) < 4.78 is 0. The first-order valence-corrected chi connectivity index (χ1v) is 4.48. The summed E-state index contributed by atoms with van der Waals surface area (Å²) in [6, 6.07) is 4.56. The number of anilines is 1. The van der Waals surface area contributed by atoms with Crippen molar-refractivity contribution in [2.24, 2.45) is 0 Å². The van der Waals surface area contributed by atoms with Crippen LogP contribution >= 0.6 is 0 Å². The normalized spacial score (nSPS) is 19.6. The smallest absolute Gasteiger partial charge is 0.326 e. The van der Waals surface area contributed by atoms with E-state index in [0.29, 0.717) is 12.8 Å². The summed E-state index contributed by atoms with van der Waals surface area (Å²) in [4.78, 5) is 10.7. The van der Waals surface area contributed by atoms with Crippen LogP contribution in [-0.2, 0) is 11.2 Å². The number of aliphatic carboxylic acids is 1. The van der Waals surface area contributed by atoms with Crippen LogP contribution in [-0.4, -0.2) is 22.2 Å². The molecule has 0 saturated carbocycles. The van der Waals surface area contributed by atoms with Crippen LogP contribution in [0.15, 0.2) is 18.2 Å². The molecule has 0 radical (unpaired) electrons. The average Bonchev–Trinajstić information content (AvgIpc) is 2.17. The van der Waals surface area contributed by atoms with Gasteiger partial charge in [-0.1, -0.05) is 6.07 Å². The fraction of sp³-hybridized carbons (Fsp3) is 0.300. The number of carboxylic acids is 1. The fourth-order valence-electron chi connectivity index (χ4n) is 1.71. The Kier molecular flexibility index (Phi) is 2.04. The molecule has 0 amide bonds. The number of hydrogen-bond acceptors (Lipinski definition) is 3. The van der Waals surface area contributed by atoms with Crippen molar-refractivity contribution < 1.29 is 15.0 Å². The lowest BCUT2D eigenvalue weighted by Crippen LogP contribution is -2.33. The predicted octanol–water partition coefficient (Wildman–Crippen LogP) is 1.20. The molecule has 2 rings (SSSR count). The second kappa shape index (κ2) is 3.21. The Bertz CT molecular complexity index is 376. The summed E-state index contributed by atoms with van der Waals surface area (Å²) in [6.07, 6.45) is 1.12. The van der Waals surface area contributed by atoms with Crippen molar-refractivity contribution in [1.82, 2.24) is 0 Å². The van der Waals surface area contributed by atoms with Crippen LogP contribution in [0.4, 0.5) is 5.69 Å². The van der Waals surface area contributed by atoms with Gasteiger partial charge in [0.1, 0.15) is 11.8 Å². The summed E-state index contributed by atoms with van der Waals surface area (Å²) in [6.45, 7) is 0. The lowest BCUT2D eigenvalue weighted by molar-refractivity contribution is -0.138. The number of carboxylic acid groups (broad SMARTS) is 1. The van der Waals surface area contributed by atoms with Gasteiger partial charge in [-0.3, -0.25) is 0 Å². The summed E-state index contributed by atoms with van der Waals surface area (Å²) in [7, 11) is 0. The molecule has 0 aliphatic carbocycles. The SMILES string of the molecule is O=C(O)[C@H]1CCc2c(O)cccc2N1. The van der Waals surface area contributed by atoms with Crippen molar-refractivity contribution in [2.45, 2.75) is 18.9 Å². The van der Waals surface area contributed by atoms with Crippen LogP contribution in [0.1, 0.15) is 12.0 Å². The van der Waals surface area contributed by atoms with E-state index in [1.54, 1.807) is 18.2 Å². The third-order valence-corrected chi connectivity index (χ3v) is 2.46. The van der Waals surface area contributed by atoms with E-state index in [1.165, 1.54) is 0 Å². The molecule has 1 atom stereocenters. The minimum Gasteiger partial charge on any atom is -0.508 e. The van der Waals surface area contributed by atoms with Gasteiger partial charge in [0.2, 0.25) is 0 Å². The van der Waals surface area contributed by atoms with E-state index < -0.39 is 12.0 Å². The minimum atomic E-state index is -0.848. The molecule has 0 spiro atoms. The second-order valence-corrected chi connectivity index (χ2v) is 3.38. The van der Waals surface area contributed by atoms with Gasteiger partial charge in [0, 0.05) is 11.3 Å². The monoisotopic (exact) mass is 193 g/mol. The number of hydrogen-bond donors (Lipinski definition) is 3. The highest BCUT2D eigenvalue weighted by molar-refractivity contribution is 5.79. The zero-order valence-corrected chi connectivity index (χ0v) is 7.53. The third-order valence-electron chi connectivity index (χ3n) is 2.46. The van der Waals surface area contributed by atoms with Gasteiger partial charge >= 0.3 is 5.97 Å². The molecule has 14 heavy (non-hydrogen) atoms. The molecule has 0 fully saturated rings. The van der Waals surface area contributed by atoms with Crippen LogP contribution < -0.4 is 5.32 Å². The number of fused-ring (bicyclic) bond motifs is 1. The van der Waals surface area contributed by atoms with Gasteiger partial charge in [0.25, 0.3) is 0 Å². The van der Waals surface area contributed by atoms with Gasteiger partial charge in [-0.2, -0.15) is 0 Å². The maximum Gasteiger partial charge on any atom is 0.326 e. The Hall–Kier alpha value is -1.71. The molecule has 0 aromatic heterocycles. The van der Waals surface area contributed by atoms with E-state index in [1.807, 2.05) is 0 Å². The number of nitrogens with one attached hydrogen (secondary N) is 1. The van der Waals surface area contributed by atoms with Crippen LogP contribution in [0.5, 0.6) is 5.75 Å². The lowest BCUT2D eigenvalue weighted by atomic mass is 9.97. The standard InChI is InChI=1S/C10H11NO3/c12-9-3-1-2-7-6(9)4-5-8(11-7)10(13)14/h1-3,8,11-12H,4-5H2,(H,13,14)/t8-/m1/s1. The first-order chi connectivity index (χ1) is 6.68. The molecule has 1 heterocycles. The highest BCUT2D eigenvalue weighted by Gasteiger charge is 2.24. The highest BCUT2D eigenvalue weighted by atomic mass is 16.4. The Labute approximate surface area is 81.2 Å². The van der Waals surface area contributed by atoms with Gasteiger partial charge in [-0.25, -0.2) is 4.79 Å². The molecule has 1 aliphatic rings. The molecule has 1 aromatic carbocycles. The average molecular weight is 193 g/mol. The van der Waals surface area contributed by atoms with E-state index in [4.69, 9.17) is 5.11 Å². The minimum absolute atomic E-state index is 0.235. The summed E-state index contributed by atoms with van der Waals surface area (Å²) in [5.41, 5.74) is 1.54. The van der Waals surface area contributed by atoms with Gasteiger partial charge < -0.3 is 15.5 Å². The highest BCUT2D eigenvalue weighted by Crippen LogP contribution is 2.31. The van der Waals surface area contributed by atoms with Crippen LogP contribution in [0.25, 0.3) is 0 Å². The predicted molar refractivity (Wildman–Crippen MR) is 51.5 cm³/mol. The molecule has 1 aliphatic heterocycles. The maximum atomic E-state index is 10.7. The number of phenols is 1. The molecular weight excluding hydrogens is 182 g/mol. The number of rotatable bonds is 1.